The van der Waals surface area contributed by atoms with Crippen molar-refractivity contribution >= 4 is 22.5 Å². The lowest BCUT2D eigenvalue weighted by molar-refractivity contribution is 0.184. The molecule has 1 aliphatic heterocycles. The minimum absolute atomic E-state index is 0.404. The fourth-order valence-corrected chi connectivity index (χ4v) is 3.38. The van der Waals surface area contributed by atoms with Crippen molar-refractivity contribution in [3.63, 3.8) is 0 Å². The number of piperazine rings is 1. The van der Waals surface area contributed by atoms with Crippen molar-refractivity contribution < 1.29 is 4.74 Å². The molecule has 0 aliphatic carbocycles. The number of nitriles is 1. The number of fused-ring (bicyclic) bond motifs is 3. The molecule has 24 heavy (non-hydrogen) atoms. The quantitative estimate of drug-likeness (QED) is 0.798. The third kappa shape index (κ3) is 2.30. The summed E-state index contributed by atoms with van der Waals surface area (Å²) < 4.78 is 7.43. The van der Waals surface area contributed by atoms with Crippen molar-refractivity contribution in [2.75, 3.05) is 38.2 Å². The lowest BCUT2D eigenvalue weighted by atomic mass is 10.1. The summed E-state index contributed by atoms with van der Waals surface area (Å²) in [5, 5.41) is 13.1. The number of hydrogen-bond acceptors (Lipinski definition) is 5. The molecule has 1 saturated heterocycles. The molecule has 3 aromatic rings. The molecule has 6 nitrogen and oxygen atoms in total. The van der Waals surface area contributed by atoms with Gasteiger partial charge in [0.2, 0.25) is 0 Å². The molecular formula is C18H19N5O. The van der Waals surface area contributed by atoms with Crippen LogP contribution in [0.15, 0.2) is 30.3 Å². The van der Waals surface area contributed by atoms with Gasteiger partial charge in [0.25, 0.3) is 0 Å². The number of methoxy groups -OCH3 is 1. The van der Waals surface area contributed by atoms with Crippen molar-refractivity contribution in [2.45, 2.75) is 6.61 Å². The number of hydrogen-bond donors (Lipinski definition) is 1. The van der Waals surface area contributed by atoms with E-state index in [1.807, 2.05) is 18.2 Å². The number of anilines is 1. The molecule has 0 amide bonds. The third-order valence-corrected chi connectivity index (χ3v) is 4.49. The Kier molecular flexibility index (Phi) is 3.81. The van der Waals surface area contributed by atoms with E-state index in [4.69, 9.17) is 9.72 Å². The van der Waals surface area contributed by atoms with Crippen molar-refractivity contribution in [2.24, 2.45) is 0 Å². The van der Waals surface area contributed by atoms with E-state index in [2.05, 4.69) is 32.8 Å². The van der Waals surface area contributed by atoms with Crippen molar-refractivity contribution in [3.05, 3.63) is 41.5 Å². The summed E-state index contributed by atoms with van der Waals surface area (Å²) in [6.07, 6.45) is 0. The van der Waals surface area contributed by atoms with Gasteiger partial charge in [-0.05, 0) is 18.2 Å². The van der Waals surface area contributed by atoms with Crippen LogP contribution in [0.2, 0.25) is 0 Å². The highest BCUT2D eigenvalue weighted by Crippen LogP contribution is 2.29. The average Bonchev–Trinajstić information content (AvgIpc) is 3.01. The lowest BCUT2D eigenvalue weighted by Gasteiger charge is -2.30. The fraction of sp³-hybridized carbons (Fsp3) is 0.333. The maximum atomic E-state index is 9.69. The Hall–Kier alpha value is -2.62. The predicted octanol–water partition coefficient (Wildman–Crippen LogP) is 1.92. The number of pyridine rings is 1. The van der Waals surface area contributed by atoms with Crippen LogP contribution in [0.1, 0.15) is 11.1 Å². The highest BCUT2D eigenvalue weighted by Gasteiger charge is 2.21. The van der Waals surface area contributed by atoms with E-state index in [9.17, 15) is 5.26 Å². The Morgan fingerprint density at radius 1 is 1.29 bits per heavy atom. The maximum Gasteiger partial charge on any atom is 0.157 e. The number of para-hydroxylation sites is 2. The summed E-state index contributed by atoms with van der Waals surface area (Å²) in [6, 6.07) is 12.4. The number of nitrogens with zero attached hydrogens (tertiary/aromatic N) is 4. The summed E-state index contributed by atoms with van der Waals surface area (Å²) in [5.74, 6) is 1.08. The predicted molar refractivity (Wildman–Crippen MR) is 93.2 cm³/mol. The Balaban J connectivity index is 2.06. The van der Waals surface area contributed by atoms with E-state index in [0.29, 0.717) is 17.8 Å². The average molecular weight is 321 g/mol. The molecule has 0 radical (unpaired) electrons. The van der Waals surface area contributed by atoms with Crippen molar-refractivity contribution in [1.82, 2.24) is 14.7 Å². The van der Waals surface area contributed by atoms with Gasteiger partial charge in [-0.25, -0.2) is 4.98 Å². The highest BCUT2D eigenvalue weighted by atomic mass is 16.5. The second-order valence-electron chi connectivity index (χ2n) is 5.94. The zero-order chi connectivity index (χ0) is 16.5. The summed E-state index contributed by atoms with van der Waals surface area (Å²) in [5.41, 5.74) is 4.12. The molecule has 0 spiro atoms. The van der Waals surface area contributed by atoms with E-state index in [0.717, 1.165) is 48.6 Å². The highest BCUT2D eigenvalue weighted by molar-refractivity contribution is 5.85. The molecule has 0 unspecified atom stereocenters. The molecule has 1 aromatic carbocycles. The first kappa shape index (κ1) is 14.9. The van der Waals surface area contributed by atoms with Gasteiger partial charge in [0.05, 0.1) is 17.6 Å². The fourth-order valence-electron chi connectivity index (χ4n) is 3.38. The van der Waals surface area contributed by atoms with E-state index < -0.39 is 0 Å². The van der Waals surface area contributed by atoms with Crippen LogP contribution >= 0.6 is 0 Å². The van der Waals surface area contributed by atoms with Gasteiger partial charge in [-0.3, -0.25) is 4.40 Å². The molecular weight excluding hydrogens is 302 g/mol. The Morgan fingerprint density at radius 2 is 2.08 bits per heavy atom. The summed E-state index contributed by atoms with van der Waals surface area (Å²) in [7, 11) is 1.65. The Morgan fingerprint density at radius 3 is 2.83 bits per heavy atom. The van der Waals surface area contributed by atoms with Crippen LogP contribution in [-0.2, 0) is 11.3 Å². The number of imidazole rings is 1. The molecule has 0 saturated carbocycles. The van der Waals surface area contributed by atoms with Crippen LogP contribution in [-0.4, -0.2) is 42.7 Å². The number of nitrogens with one attached hydrogen (secondary N) is 1. The first-order valence-electron chi connectivity index (χ1n) is 8.11. The van der Waals surface area contributed by atoms with Gasteiger partial charge >= 0.3 is 0 Å². The minimum atomic E-state index is 0.404. The summed E-state index contributed by atoms with van der Waals surface area (Å²) in [4.78, 5) is 7.07. The van der Waals surface area contributed by atoms with E-state index in [-0.39, 0.29) is 0 Å². The zero-order valence-electron chi connectivity index (χ0n) is 13.6. The molecule has 2 aromatic heterocycles. The van der Waals surface area contributed by atoms with E-state index in [1.54, 1.807) is 7.11 Å². The van der Waals surface area contributed by atoms with Crippen LogP contribution in [0, 0.1) is 11.3 Å². The lowest BCUT2D eigenvalue weighted by Crippen LogP contribution is -2.44. The van der Waals surface area contributed by atoms with Crippen LogP contribution in [0.5, 0.6) is 0 Å². The van der Waals surface area contributed by atoms with Gasteiger partial charge in [0, 0.05) is 38.9 Å². The number of benzene rings is 1. The molecule has 3 heterocycles. The van der Waals surface area contributed by atoms with Gasteiger partial charge in [-0.1, -0.05) is 12.1 Å². The number of aromatic nitrogens is 2. The topological polar surface area (TPSA) is 65.6 Å². The molecule has 6 heteroatoms. The number of rotatable bonds is 3. The Labute approximate surface area is 140 Å². The van der Waals surface area contributed by atoms with Crippen LogP contribution in [0.25, 0.3) is 16.7 Å². The first-order valence-corrected chi connectivity index (χ1v) is 8.11. The third-order valence-electron chi connectivity index (χ3n) is 4.49. The monoisotopic (exact) mass is 321 g/mol. The molecule has 0 atom stereocenters. The van der Waals surface area contributed by atoms with E-state index >= 15 is 0 Å². The minimum Gasteiger partial charge on any atom is -0.380 e. The van der Waals surface area contributed by atoms with Crippen molar-refractivity contribution in [3.8, 4) is 6.07 Å². The van der Waals surface area contributed by atoms with Gasteiger partial charge in [0.1, 0.15) is 17.5 Å². The van der Waals surface area contributed by atoms with E-state index in [1.165, 1.54) is 0 Å². The number of ether oxygens (including phenoxy) is 1. The summed E-state index contributed by atoms with van der Waals surface area (Å²) >= 11 is 0. The Bertz CT molecular complexity index is 934. The molecule has 4 rings (SSSR count). The normalized spacial score (nSPS) is 15.1. The van der Waals surface area contributed by atoms with Gasteiger partial charge in [-0.15, -0.1) is 0 Å². The smallest absolute Gasteiger partial charge is 0.157 e. The first-order chi connectivity index (χ1) is 11.8. The molecule has 122 valence electrons. The summed E-state index contributed by atoms with van der Waals surface area (Å²) in [6.45, 7) is 4.17. The second-order valence-corrected chi connectivity index (χ2v) is 5.94. The van der Waals surface area contributed by atoms with Gasteiger partial charge in [-0.2, -0.15) is 5.26 Å². The molecule has 1 fully saturated rings. The second kappa shape index (κ2) is 6.11. The molecule has 1 aliphatic rings. The zero-order valence-corrected chi connectivity index (χ0v) is 13.6. The van der Waals surface area contributed by atoms with Crippen molar-refractivity contribution in [1.29, 1.82) is 5.26 Å². The van der Waals surface area contributed by atoms with Gasteiger partial charge in [0.15, 0.2) is 5.65 Å². The van der Waals surface area contributed by atoms with Crippen LogP contribution in [0.3, 0.4) is 0 Å². The SMILES string of the molecule is COCc1cc(N2CCNCC2)n2c(nc3ccccc32)c1C#N. The van der Waals surface area contributed by atoms with Crippen LogP contribution in [0.4, 0.5) is 5.82 Å². The van der Waals surface area contributed by atoms with Gasteiger partial charge < -0.3 is 15.0 Å². The largest absolute Gasteiger partial charge is 0.380 e. The standard InChI is InChI=1S/C18H19N5O/c1-24-12-13-10-17(22-8-6-20-7-9-22)23-16-5-3-2-4-15(16)21-18(23)14(13)11-19/h2-5,10,20H,6-9,12H2,1H3. The molecule has 1 N–H and O–H groups in total. The molecule has 0 bridgehead atoms. The maximum absolute atomic E-state index is 9.69. The van der Waals surface area contributed by atoms with Crippen LogP contribution < -0.4 is 10.2 Å².